The van der Waals surface area contributed by atoms with Crippen molar-refractivity contribution < 1.29 is 66.2 Å². The number of halogens is 4. The number of benzene rings is 2. The summed E-state index contributed by atoms with van der Waals surface area (Å²) in [6, 6.07) is 3.60. The van der Waals surface area contributed by atoms with Gasteiger partial charge in [0.1, 0.15) is 18.0 Å². The summed E-state index contributed by atoms with van der Waals surface area (Å²) in [7, 11) is -4.84. The molecule has 0 bridgehead atoms. The van der Waals surface area contributed by atoms with E-state index >= 15 is 0 Å². The fraction of sp³-hybridized carbons (Fsp3) is 0.391. The molecule has 0 fully saturated rings. The maximum atomic E-state index is 13.6. The lowest BCUT2D eigenvalue weighted by atomic mass is 10.1. The zero-order valence-corrected chi connectivity index (χ0v) is 21.7. The SMILES string of the molecule is O=C(NCC(O)C(O)CO)c1cc(C(=O)NCC(O)C(O)CO)cc(S(=O)(=O)Nc2ccc(F)c(C(F)(F)F)c2)c1. The molecule has 13 nitrogen and oxygen atoms in total. The predicted octanol–water partition coefficient (Wildman–Crippen LogP) is -1.47. The van der Waals surface area contributed by atoms with Crippen LogP contribution in [0.4, 0.5) is 23.2 Å². The molecule has 4 unspecified atom stereocenters. The fourth-order valence-electron chi connectivity index (χ4n) is 3.15. The van der Waals surface area contributed by atoms with Gasteiger partial charge in [0, 0.05) is 29.9 Å². The van der Waals surface area contributed by atoms with Gasteiger partial charge in [0.2, 0.25) is 0 Å². The topological polar surface area (TPSA) is 226 Å². The monoisotopic (exact) mass is 613 g/mol. The van der Waals surface area contributed by atoms with Gasteiger partial charge < -0.3 is 41.3 Å². The molecule has 0 radical (unpaired) electrons. The van der Waals surface area contributed by atoms with Crippen LogP contribution in [0.2, 0.25) is 0 Å². The third kappa shape index (κ3) is 9.32. The van der Waals surface area contributed by atoms with E-state index in [1.54, 1.807) is 4.72 Å². The number of nitrogens with one attached hydrogen (secondary N) is 3. The number of carbonyl (C=O) groups is 2. The fourth-order valence-corrected chi connectivity index (χ4v) is 4.27. The Morgan fingerprint density at radius 2 is 1.24 bits per heavy atom. The van der Waals surface area contributed by atoms with Crippen LogP contribution >= 0.6 is 0 Å². The van der Waals surface area contributed by atoms with Crippen LogP contribution in [-0.2, 0) is 16.2 Å². The molecule has 0 aliphatic heterocycles. The molecular formula is C23H27F4N3O10S. The number of amides is 2. The van der Waals surface area contributed by atoms with Gasteiger partial charge in [0.15, 0.2) is 0 Å². The van der Waals surface area contributed by atoms with Crippen molar-refractivity contribution in [2.24, 2.45) is 0 Å². The second-order valence-electron chi connectivity index (χ2n) is 8.60. The van der Waals surface area contributed by atoms with E-state index in [-0.39, 0.29) is 6.07 Å². The van der Waals surface area contributed by atoms with E-state index in [9.17, 15) is 56.0 Å². The van der Waals surface area contributed by atoms with Crippen LogP contribution in [0.3, 0.4) is 0 Å². The average Bonchev–Trinajstić information content (AvgIpc) is 2.93. The molecule has 0 heterocycles. The molecule has 0 spiro atoms. The van der Waals surface area contributed by atoms with Crippen LogP contribution in [0.15, 0.2) is 41.3 Å². The van der Waals surface area contributed by atoms with Crippen molar-refractivity contribution in [2.75, 3.05) is 31.0 Å². The molecule has 0 aromatic heterocycles. The minimum Gasteiger partial charge on any atom is -0.394 e. The number of rotatable bonds is 13. The van der Waals surface area contributed by atoms with Gasteiger partial charge in [-0.05, 0) is 36.4 Å². The van der Waals surface area contributed by atoms with E-state index in [0.717, 1.165) is 18.2 Å². The van der Waals surface area contributed by atoms with Gasteiger partial charge in [-0.3, -0.25) is 14.3 Å². The molecule has 0 aliphatic rings. The number of aliphatic hydroxyl groups is 6. The molecule has 18 heteroatoms. The zero-order chi connectivity index (χ0) is 31.1. The van der Waals surface area contributed by atoms with Crippen LogP contribution in [0.1, 0.15) is 26.3 Å². The smallest absolute Gasteiger partial charge is 0.394 e. The highest BCUT2D eigenvalue weighted by Crippen LogP contribution is 2.33. The van der Waals surface area contributed by atoms with Crippen molar-refractivity contribution in [3.63, 3.8) is 0 Å². The average molecular weight is 614 g/mol. The minimum atomic E-state index is -5.16. The molecule has 0 aliphatic carbocycles. The summed E-state index contributed by atoms with van der Waals surface area (Å²) in [5, 5.41) is 60.3. The van der Waals surface area contributed by atoms with Crippen molar-refractivity contribution >= 4 is 27.5 Å². The first-order valence-corrected chi connectivity index (χ1v) is 13.0. The van der Waals surface area contributed by atoms with Gasteiger partial charge >= 0.3 is 6.18 Å². The van der Waals surface area contributed by atoms with E-state index in [4.69, 9.17) is 10.2 Å². The maximum absolute atomic E-state index is 13.6. The molecule has 2 aromatic carbocycles. The van der Waals surface area contributed by atoms with Crippen molar-refractivity contribution in [3.05, 3.63) is 58.9 Å². The Kier molecular flexibility index (Phi) is 11.5. The Hall–Kier alpha value is -3.39. The number of alkyl halides is 3. The third-order valence-electron chi connectivity index (χ3n) is 5.47. The largest absolute Gasteiger partial charge is 0.419 e. The van der Waals surface area contributed by atoms with Crippen LogP contribution in [-0.4, -0.2) is 102 Å². The molecule has 228 valence electrons. The predicted molar refractivity (Wildman–Crippen MR) is 132 cm³/mol. The summed E-state index contributed by atoms with van der Waals surface area (Å²) in [6.07, 6.45) is -11.7. The lowest BCUT2D eigenvalue weighted by Gasteiger charge is -2.18. The summed E-state index contributed by atoms with van der Waals surface area (Å²) in [4.78, 5) is 24.5. The Labute approximate surface area is 230 Å². The first kappa shape index (κ1) is 33.8. The molecular weight excluding hydrogens is 586 g/mol. The molecule has 41 heavy (non-hydrogen) atoms. The van der Waals surface area contributed by atoms with E-state index in [2.05, 4.69) is 10.6 Å². The molecule has 2 aromatic rings. The van der Waals surface area contributed by atoms with Gasteiger partial charge in [0.25, 0.3) is 21.8 Å². The van der Waals surface area contributed by atoms with E-state index in [0.29, 0.717) is 12.1 Å². The van der Waals surface area contributed by atoms with Crippen molar-refractivity contribution in [1.29, 1.82) is 0 Å². The summed E-state index contributed by atoms with van der Waals surface area (Å²) in [5.74, 6) is -3.84. The normalized spacial score (nSPS) is 15.0. The van der Waals surface area contributed by atoms with Crippen molar-refractivity contribution in [2.45, 2.75) is 35.5 Å². The van der Waals surface area contributed by atoms with Gasteiger partial charge in [-0.15, -0.1) is 0 Å². The van der Waals surface area contributed by atoms with E-state index in [1.807, 2.05) is 0 Å². The number of hydrogen-bond acceptors (Lipinski definition) is 10. The Bertz CT molecular complexity index is 1290. The van der Waals surface area contributed by atoms with Gasteiger partial charge in [-0.25, -0.2) is 12.8 Å². The Morgan fingerprint density at radius 3 is 1.66 bits per heavy atom. The number of anilines is 1. The Morgan fingerprint density at radius 1 is 0.780 bits per heavy atom. The van der Waals surface area contributed by atoms with Gasteiger partial charge in [0.05, 0.1) is 35.9 Å². The van der Waals surface area contributed by atoms with Gasteiger partial charge in [-0.2, -0.15) is 13.2 Å². The molecule has 2 amide bonds. The minimum absolute atomic E-state index is 0.193. The van der Waals surface area contributed by atoms with Crippen LogP contribution in [0.5, 0.6) is 0 Å². The third-order valence-corrected chi connectivity index (χ3v) is 6.83. The summed E-state index contributed by atoms with van der Waals surface area (Å²) in [5.41, 5.74) is -3.51. The molecule has 0 saturated carbocycles. The zero-order valence-electron chi connectivity index (χ0n) is 20.8. The second-order valence-corrected chi connectivity index (χ2v) is 10.3. The van der Waals surface area contributed by atoms with Crippen molar-refractivity contribution in [1.82, 2.24) is 10.6 Å². The van der Waals surface area contributed by atoms with Crippen LogP contribution in [0.25, 0.3) is 0 Å². The number of aliphatic hydroxyl groups excluding tert-OH is 6. The number of carbonyl (C=O) groups excluding carboxylic acids is 2. The highest BCUT2D eigenvalue weighted by atomic mass is 32.2. The van der Waals surface area contributed by atoms with E-state index < -0.39 is 112 Å². The highest BCUT2D eigenvalue weighted by molar-refractivity contribution is 7.92. The molecule has 2 rings (SSSR count). The van der Waals surface area contributed by atoms with Gasteiger partial charge in [-0.1, -0.05) is 0 Å². The maximum Gasteiger partial charge on any atom is 0.419 e. The van der Waals surface area contributed by atoms with Crippen molar-refractivity contribution in [3.8, 4) is 0 Å². The Balaban J connectivity index is 2.46. The summed E-state index contributed by atoms with van der Waals surface area (Å²) in [6.45, 7) is -2.95. The second kappa shape index (κ2) is 14.0. The molecule has 9 N–H and O–H groups in total. The number of hydrogen-bond donors (Lipinski definition) is 9. The summed E-state index contributed by atoms with van der Waals surface area (Å²) >= 11 is 0. The van der Waals surface area contributed by atoms with E-state index in [1.165, 1.54) is 0 Å². The highest BCUT2D eigenvalue weighted by Gasteiger charge is 2.34. The number of sulfonamides is 1. The van der Waals surface area contributed by atoms with Crippen LogP contribution < -0.4 is 15.4 Å². The lowest BCUT2D eigenvalue weighted by Crippen LogP contribution is -2.41. The quantitative estimate of drug-likeness (QED) is 0.119. The first-order valence-electron chi connectivity index (χ1n) is 11.5. The molecule has 4 atom stereocenters. The summed E-state index contributed by atoms with van der Waals surface area (Å²) < 4.78 is 80.7. The van der Waals surface area contributed by atoms with Crippen LogP contribution in [0, 0.1) is 5.82 Å². The molecule has 0 saturated heterocycles. The standard InChI is InChI=1S/C23H27F4N3O10S/c24-16-2-1-13(6-15(16)23(25,26)27)30-41(39,40)14-4-11(21(37)28-7-17(33)19(35)9-31)3-12(5-14)22(38)29-8-18(34)20(36)10-32/h1-6,17-20,30-36H,7-10H2,(H,28,37)(H,29,38). The first-order chi connectivity index (χ1) is 19.0. The lowest BCUT2D eigenvalue weighted by molar-refractivity contribution is -0.139.